The van der Waals surface area contributed by atoms with Crippen LogP contribution in [0.4, 0.5) is 5.69 Å². The van der Waals surface area contributed by atoms with Gasteiger partial charge in [-0.15, -0.1) is 5.10 Å². The van der Waals surface area contributed by atoms with E-state index in [1.807, 2.05) is 0 Å². The molecule has 0 aliphatic rings. The molecule has 8 heteroatoms. The minimum atomic E-state index is -0.435. The second-order valence-electron chi connectivity index (χ2n) is 3.82. The van der Waals surface area contributed by atoms with E-state index in [2.05, 4.69) is 10.2 Å². The van der Waals surface area contributed by atoms with Crippen LogP contribution < -0.4 is 11.2 Å². The molecular formula is C12H11N5O3. The number of hydroxylamine groups is 1. The smallest absolute Gasteiger partial charge is 0.277 e. The van der Waals surface area contributed by atoms with Crippen LogP contribution in [0.2, 0.25) is 0 Å². The Morgan fingerprint density at radius 3 is 2.70 bits per heavy atom. The largest absolute Gasteiger partial charge is 0.367 e. The summed E-state index contributed by atoms with van der Waals surface area (Å²) in [4.78, 5) is 10.5. The second kappa shape index (κ2) is 5.76. The van der Waals surface area contributed by atoms with E-state index >= 15 is 0 Å². The molecule has 20 heavy (non-hydrogen) atoms. The summed E-state index contributed by atoms with van der Waals surface area (Å²) in [7, 11) is 0. The third-order valence-corrected chi connectivity index (χ3v) is 2.61. The van der Waals surface area contributed by atoms with Gasteiger partial charge in [0.25, 0.3) is 5.69 Å². The van der Waals surface area contributed by atoms with E-state index in [1.165, 1.54) is 12.3 Å². The lowest BCUT2D eigenvalue weighted by Crippen LogP contribution is -2.27. The van der Waals surface area contributed by atoms with Gasteiger partial charge in [0, 0.05) is 11.6 Å². The Morgan fingerprint density at radius 2 is 2.00 bits per heavy atom. The van der Waals surface area contributed by atoms with Gasteiger partial charge in [0.2, 0.25) is 5.96 Å². The van der Waals surface area contributed by atoms with Crippen LogP contribution in [0.5, 0.6) is 0 Å². The molecule has 0 amide bonds. The molecular weight excluding hydrogens is 262 g/mol. The number of benzene rings is 2. The van der Waals surface area contributed by atoms with Crippen LogP contribution in [0.25, 0.3) is 10.8 Å². The number of hydrogen-bond acceptors (Lipinski definition) is 5. The van der Waals surface area contributed by atoms with E-state index in [0.29, 0.717) is 16.3 Å². The molecule has 0 unspecified atom stereocenters. The number of rotatable bonds is 3. The summed E-state index contributed by atoms with van der Waals surface area (Å²) in [5, 5.41) is 27.8. The molecule has 2 aromatic rings. The molecule has 0 aliphatic heterocycles. The highest BCUT2D eigenvalue weighted by molar-refractivity contribution is 6.03. The first-order chi connectivity index (χ1) is 9.63. The fourth-order valence-corrected chi connectivity index (χ4v) is 1.77. The normalized spacial score (nSPS) is 11.9. The van der Waals surface area contributed by atoms with Crippen molar-refractivity contribution in [2.75, 3.05) is 0 Å². The molecule has 0 heterocycles. The molecule has 0 fully saturated rings. The lowest BCUT2D eigenvalue weighted by Gasteiger charge is -2.02. The van der Waals surface area contributed by atoms with Gasteiger partial charge in [0.15, 0.2) is 0 Å². The van der Waals surface area contributed by atoms with E-state index in [9.17, 15) is 10.1 Å². The molecule has 2 rings (SSSR count). The number of nitrogens with one attached hydrogen (secondary N) is 1. The van der Waals surface area contributed by atoms with Gasteiger partial charge in [-0.3, -0.25) is 15.3 Å². The molecule has 102 valence electrons. The fraction of sp³-hybridized carbons (Fsp3) is 0. The Hall–Kier alpha value is -3.00. The molecule has 0 saturated carbocycles. The Morgan fingerprint density at radius 1 is 1.30 bits per heavy atom. The standard InChI is InChI=1S/C12H11N5O3/c13-12(16-18)15-14-7-8-3-1-5-10-9(8)4-2-6-11(10)17(19)20/h1-7,18H,(H3,13,15,16)/b14-7+. The molecule has 4 N–H and O–H groups in total. The highest BCUT2D eigenvalue weighted by Gasteiger charge is 2.11. The zero-order chi connectivity index (χ0) is 14.5. The van der Waals surface area contributed by atoms with Crippen molar-refractivity contribution < 1.29 is 10.1 Å². The van der Waals surface area contributed by atoms with Crippen molar-refractivity contribution in [2.24, 2.45) is 15.9 Å². The third-order valence-electron chi connectivity index (χ3n) is 2.61. The number of nitrogens with zero attached hydrogens (tertiary/aromatic N) is 3. The molecule has 0 bridgehead atoms. The van der Waals surface area contributed by atoms with Crippen molar-refractivity contribution in [1.29, 1.82) is 0 Å². The van der Waals surface area contributed by atoms with E-state index in [4.69, 9.17) is 10.9 Å². The number of hydrogen-bond donors (Lipinski definition) is 3. The Balaban J connectivity index is 2.51. The molecule has 0 aromatic heterocycles. The molecule has 0 aliphatic carbocycles. The van der Waals surface area contributed by atoms with Crippen molar-refractivity contribution in [3.8, 4) is 0 Å². The Bertz CT molecular complexity index is 711. The number of guanidine groups is 1. The summed E-state index contributed by atoms with van der Waals surface area (Å²) >= 11 is 0. The lowest BCUT2D eigenvalue weighted by atomic mass is 10.0. The highest BCUT2D eigenvalue weighted by atomic mass is 16.6. The number of nitro benzene ring substituents is 1. The predicted octanol–water partition coefficient (Wildman–Crippen LogP) is 1.38. The summed E-state index contributed by atoms with van der Waals surface area (Å²) in [6.07, 6.45) is 1.40. The van der Waals surface area contributed by atoms with Crippen LogP contribution in [0.1, 0.15) is 5.56 Å². The summed E-state index contributed by atoms with van der Waals surface area (Å²) in [6, 6.07) is 9.89. The summed E-state index contributed by atoms with van der Waals surface area (Å²) in [6.45, 7) is 0. The molecule has 0 spiro atoms. The van der Waals surface area contributed by atoms with Crippen molar-refractivity contribution in [3.05, 3.63) is 52.1 Å². The average Bonchev–Trinajstić information content (AvgIpc) is 2.46. The van der Waals surface area contributed by atoms with Gasteiger partial charge in [-0.2, -0.15) is 5.10 Å². The van der Waals surface area contributed by atoms with Crippen LogP contribution in [-0.4, -0.2) is 22.3 Å². The monoisotopic (exact) mass is 273 g/mol. The molecule has 0 saturated heterocycles. The van der Waals surface area contributed by atoms with Crippen molar-refractivity contribution in [3.63, 3.8) is 0 Å². The molecule has 8 nitrogen and oxygen atoms in total. The third kappa shape index (κ3) is 2.70. The van der Waals surface area contributed by atoms with Crippen LogP contribution in [-0.2, 0) is 0 Å². The van der Waals surface area contributed by atoms with E-state index in [0.717, 1.165) is 0 Å². The highest BCUT2D eigenvalue weighted by Crippen LogP contribution is 2.26. The van der Waals surface area contributed by atoms with Gasteiger partial charge in [0.05, 0.1) is 16.5 Å². The molecule has 0 radical (unpaired) electrons. The number of nitrogens with two attached hydrogens (primary N) is 1. The van der Waals surface area contributed by atoms with E-state index in [1.54, 1.807) is 35.8 Å². The van der Waals surface area contributed by atoms with Crippen LogP contribution >= 0.6 is 0 Å². The second-order valence-corrected chi connectivity index (χ2v) is 3.82. The molecule has 0 atom stereocenters. The maximum atomic E-state index is 11.0. The maximum Gasteiger partial charge on any atom is 0.277 e. The maximum absolute atomic E-state index is 11.0. The van der Waals surface area contributed by atoms with Crippen LogP contribution in [0.15, 0.2) is 46.6 Å². The van der Waals surface area contributed by atoms with Gasteiger partial charge in [-0.1, -0.05) is 24.3 Å². The Kier molecular flexibility index (Phi) is 3.87. The van der Waals surface area contributed by atoms with Gasteiger partial charge >= 0.3 is 0 Å². The molecule has 2 aromatic carbocycles. The van der Waals surface area contributed by atoms with Crippen molar-refractivity contribution in [2.45, 2.75) is 0 Å². The van der Waals surface area contributed by atoms with Crippen molar-refractivity contribution in [1.82, 2.24) is 5.48 Å². The summed E-state index contributed by atoms with van der Waals surface area (Å²) < 4.78 is 0. The van der Waals surface area contributed by atoms with E-state index < -0.39 is 4.92 Å². The predicted molar refractivity (Wildman–Crippen MR) is 74.7 cm³/mol. The van der Waals surface area contributed by atoms with Gasteiger partial charge in [0.1, 0.15) is 0 Å². The Labute approximate surface area is 113 Å². The zero-order valence-electron chi connectivity index (χ0n) is 10.2. The minimum Gasteiger partial charge on any atom is -0.367 e. The van der Waals surface area contributed by atoms with Crippen LogP contribution in [0.3, 0.4) is 0 Å². The average molecular weight is 273 g/mol. The SMILES string of the molecule is N/C(=N\N=C\c1cccc2c([N+](=O)[O-])cccc12)NO. The van der Waals surface area contributed by atoms with Gasteiger partial charge in [-0.25, -0.2) is 5.48 Å². The first kappa shape index (κ1) is 13.4. The summed E-state index contributed by atoms with van der Waals surface area (Å²) in [5.41, 5.74) is 7.52. The number of fused-ring (bicyclic) bond motifs is 1. The van der Waals surface area contributed by atoms with E-state index in [-0.39, 0.29) is 11.6 Å². The van der Waals surface area contributed by atoms with Crippen LogP contribution in [0, 0.1) is 10.1 Å². The number of non-ortho nitro benzene ring substituents is 1. The summed E-state index contributed by atoms with van der Waals surface area (Å²) in [5.74, 6) is -0.257. The van der Waals surface area contributed by atoms with Crippen molar-refractivity contribution >= 4 is 28.6 Å². The zero-order valence-corrected chi connectivity index (χ0v) is 10.2. The lowest BCUT2D eigenvalue weighted by molar-refractivity contribution is -0.383. The fourth-order valence-electron chi connectivity index (χ4n) is 1.77. The quantitative estimate of drug-likeness (QED) is 0.337. The minimum absolute atomic E-state index is 0.0257. The first-order valence-electron chi connectivity index (χ1n) is 5.56. The first-order valence-corrected chi connectivity index (χ1v) is 5.56. The topological polar surface area (TPSA) is 126 Å². The number of nitro groups is 1. The van der Waals surface area contributed by atoms with Gasteiger partial charge < -0.3 is 5.73 Å². The van der Waals surface area contributed by atoms with Gasteiger partial charge in [-0.05, 0) is 11.5 Å².